The third-order valence-corrected chi connectivity index (χ3v) is 4.91. The molecule has 0 spiro atoms. The Labute approximate surface area is 160 Å². The summed E-state index contributed by atoms with van der Waals surface area (Å²) >= 11 is 13.1. The van der Waals surface area contributed by atoms with E-state index in [1.807, 2.05) is 35.0 Å². The second-order valence-corrected chi connectivity index (χ2v) is 7.12. The molecule has 0 aliphatic rings. The van der Waals surface area contributed by atoms with Crippen LogP contribution in [0.4, 0.5) is 5.69 Å². The van der Waals surface area contributed by atoms with Gasteiger partial charge in [0, 0.05) is 34.7 Å². The lowest BCUT2D eigenvalue weighted by Crippen LogP contribution is -2.14. The van der Waals surface area contributed by atoms with E-state index in [0.29, 0.717) is 16.6 Å². The molecule has 128 valence electrons. The lowest BCUT2D eigenvalue weighted by molar-refractivity contribution is -0.113. The molecule has 3 rings (SSSR count). The van der Waals surface area contributed by atoms with Crippen LogP contribution in [0, 0.1) is 0 Å². The SMILES string of the molecule is O=C(CSc1nccn1Cc1ccc(Cl)cc1)Nc1ccc(Cl)cc1. The summed E-state index contributed by atoms with van der Waals surface area (Å²) in [5, 5.41) is 4.98. The number of carbonyl (C=O) groups excluding carboxylic acids is 1. The summed E-state index contributed by atoms with van der Waals surface area (Å²) < 4.78 is 2.00. The number of thioether (sulfide) groups is 1. The summed E-state index contributed by atoms with van der Waals surface area (Å²) in [5.74, 6) is 0.189. The molecular formula is C18H15Cl2N3OS. The smallest absolute Gasteiger partial charge is 0.234 e. The molecule has 25 heavy (non-hydrogen) atoms. The Morgan fingerprint density at radius 2 is 1.68 bits per heavy atom. The number of imidazole rings is 1. The number of nitrogens with zero attached hydrogens (tertiary/aromatic N) is 2. The molecule has 1 heterocycles. The van der Waals surface area contributed by atoms with Gasteiger partial charge in [-0.15, -0.1) is 0 Å². The molecule has 1 amide bonds. The fraction of sp³-hybridized carbons (Fsp3) is 0.111. The zero-order chi connectivity index (χ0) is 17.6. The highest BCUT2D eigenvalue weighted by Gasteiger charge is 2.09. The molecule has 2 aromatic carbocycles. The molecule has 0 saturated carbocycles. The summed E-state index contributed by atoms with van der Waals surface area (Å²) in [7, 11) is 0. The fourth-order valence-electron chi connectivity index (χ4n) is 2.20. The van der Waals surface area contributed by atoms with Crippen molar-refractivity contribution in [2.75, 3.05) is 11.1 Å². The molecule has 0 atom stereocenters. The number of rotatable bonds is 6. The highest BCUT2D eigenvalue weighted by Crippen LogP contribution is 2.19. The van der Waals surface area contributed by atoms with Crippen molar-refractivity contribution in [1.82, 2.24) is 9.55 Å². The normalized spacial score (nSPS) is 10.6. The van der Waals surface area contributed by atoms with E-state index in [9.17, 15) is 4.79 Å². The van der Waals surface area contributed by atoms with Crippen molar-refractivity contribution < 1.29 is 4.79 Å². The van der Waals surface area contributed by atoms with Gasteiger partial charge in [-0.2, -0.15) is 0 Å². The minimum atomic E-state index is -0.0895. The third kappa shape index (κ3) is 5.26. The van der Waals surface area contributed by atoms with Gasteiger partial charge < -0.3 is 9.88 Å². The van der Waals surface area contributed by atoms with E-state index in [-0.39, 0.29) is 11.7 Å². The molecule has 3 aromatic rings. The van der Waals surface area contributed by atoms with Crippen LogP contribution in [-0.2, 0) is 11.3 Å². The van der Waals surface area contributed by atoms with Gasteiger partial charge in [-0.05, 0) is 42.0 Å². The van der Waals surface area contributed by atoms with E-state index in [2.05, 4.69) is 10.3 Å². The molecule has 1 aromatic heterocycles. The van der Waals surface area contributed by atoms with Crippen LogP contribution in [0.1, 0.15) is 5.56 Å². The maximum Gasteiger partial charge on any atom is 0.234 e. The highest BCUT2D eigenvalue weighted by atomic mass is 35.5. The first-order chi connectivity index (χ1) is 12.1. The lowest BCUT2D eigenvalue weighted by atomic mass is 10.2. The molecule has 0 aliphatic carbocycles. The highest BCUT2D eigenvalue weighted by molar-refractivity contribution is 7.99. The third-order valence-electron chi connectivity index (χ3n) is 3.40. The van der Waals surface area contributed by atoms with Crippen molar-refractivity contribution in [3.8, 4) is 0 Å². The monoisotopic (exact) mass is 391 g/mol. The molecule has 0 radical (unpaired) electrons. The van der Waals surface area contributed by atoms with E-state index in [0.717, 1.165) is 16.4 Å². The van der Waals surface area contributed by atoms with Gasteiger partial charge in [-0.3, -0.25) is 4.79 Å². The van der Waals surface area contributed by atoms with E-state index < -0.39 is 0 Å². The van der Waals surface area contributed by atoms with Gasteiger partial charge in [0.1, 0.15) is 0 Å². The van der Waals surface area contributed by atoms with Gasteiger partial charge in [0.15, 0.2) is 5.16 Å². The number of carbonyl (C=O) groups is 1. The maximum atomic E-state index is 12.1. The Morgan fingerprint density at radius 1 is 1.04 bits per heavy atom. The summed E-state index contributed by atoms with van der Waals surface area (Å²) in [6.45, 7) is 0.679. The van der Waals surface area contributed by atoms with Gasteiger partial charge in [0.25, 0.3) is 0 Å². The van der Waals surface area contributed by atoms with Crippen molar-refractivity contribution in [2.45, 2.75) is 11.7 Å². The lowest BCUT2D eigenvalue weighted by Gasteiger charge is -2.08. The van der Waals surface area contributed by atoms with Crippen LogP contribution in [0.15, 0.2) is 66.1 Å². The van der Waals surface area contributed by atoms with Crippen LogP contribution in [-0.4, -0.2) is 21.2 Å². The topological polar surface area (TPSA) is 46.9 Å². The molecular weight excluding hydrogens is 377 g/mol. The van der Waals surface area contributed by atoms with Crippen molar-refractivity contribution in [3.05, 3.63) is 76.5 Å². The molecule has 7 heteroatoms. The summed E-state index contributed by atoms with van der Waals surface area (Å²) in [4.78, 5) is 16.4. The molecule has 1 N–H and O–H groups in total. The number of amides is 1. The van der Waals surface area contributed by atoms with E-state index in [4.69, 9.17) is 23.2 Å². The summed E-state index contributed by atoms with van der Waals surface area (Å²) in [6.07, 6.45) is 3.63. The molecule has 0 fully saturated rings. The van der Waals surface area contributed by atoms with Gasteiger partial charge in [-0.25, -0.2) is 4.98 Å². The Kier molecular flexibility index (Phi) is 6.02. The van der Waals surface area contributed by atoms with Crippen LogP contribution >= 0.6 is 35.0 Å². The van der Waals surface area contributed by atoms with Gasteiger partial charge >= 0.3 is 0 Å². The van der Waals surface area contributed by atoms with Gasteiger partial charge in [0.2, 0.25) is 5.91 Å². The first-order valence-corrected chi connectivity index (χ1v) is 9.28. The Hall–Kier alpha value is -1.95. The quantitative estimate of drug-likeness (QED) is 0.603. The van der Waals surface area contributed by atoms with Crippen LogP contribution in [0.3, 0.4) is 0 Å². The average Bonchev–Trinajstić information content (AvgIpc) is 3.04. The van der Waals surface area contributed by atoms with Crippen molar-refractivity contribution in [1.29, 1.82) is 0 Å². The largest absolute Gasteiger partial charge is 0.325 e. The maximum absolute atomic E-state index is 12.1. The van der Waals surface area contributed by atoms with Crippen LogP contribution < -0.4 is 5.32 Å². The molecule has 0 unspecified atom stereocenters. The predicted octanol–water partition coefficient (Wildman–Crippen LogP) is 4.97. The van der Waals surface area contributed by atoms with Crippen molar-refractivity contribution in [3.63, 3.8) is 0 Å². The number of aromatic nitrogens is 2. The van der Waals surface area contributed by atoms with Crippen LogP contribution in [0.5, 0.6) is 0 Å². The van der Waals surface area contributed by atoms with E-state index in [1.54, 1.807) is 30.5 Å². The molecule has 0 bridgehead atoms. The summed E-state index contributed by atoms with van der Waals surface area (Å²) in [5.41, 5.74) is 1.84. The Balaban J connectivity index is 1.56. The second kappa shape index (κ2) is 8.43. The zero-order valence-electron chi connectivity index (χ0n) is 13.2. The van der Waals surface area contributed by atoms with Gasteiger partial charge in [-0.1, -0.05) is 47.1 Å². The van der Waals surface area contributed by atoms with E-state index in [1.165, 1.54) is 11.8 Å². The fourth-order valence-corrected chi connectivity index (χ4v) is 3.21. The number of halogens is 2. The van der Waals surface area contributed by atoms with Crippen LogP contribution in [0.25, 0.3) is 0 Å². The first-order valence-electron chi connectivity index (χ1n) is 7.54. The average molecular weight is 392 g/mol. The Morgan fingerprint density at radius 3 is 2.36 bits per heavy atom. The zero-order valence-corrected chi connectivity index (χ0v) is 15.5. The minimum Gasteiger partial charge on any atom is -0.325 e. The second-order valence-electron chi connectivity index (χ2n) is 5.31. The molecule has 0 aliphatic heterocycles. The Bertz CT molecular complexity index is 848. The van der Waals surface area contributed by atoms with Crippen LogP contribution in [0.2, 0.25) is 10.0 Å². The summed E-state index contributed by atoms with van der Waals surface area (Å²) in [6, 6.07) is 14.7. The van der Waals surface area contributed by atoms with E-state index >= 15 is 0 Å². The standard InChI is InChI=1S/C18H15Cl2N3OS/c19-14-3-1-13(2-4-14)11-23-10-9-21-18(23)25-12-17(24)22-16-7-5-15(20)6-8-16/h1-10H,11-12H2,(H,22,24). The van der Waals surface area contributed by atoms with Gasteiger partial charge in [0.05, 0.1) is 5.75 Å². The molecule has 4 nitrogen and oxygen atoms in total. The number of nitrogens with one attached hydrogen (secondary N) is 1. The number of hydrogen-bond acceptors (Lipinski definition) is 3. The first kappa shape index (κ1) is 17.9. The van der Waals surface area contributed by atoms with Crippen molar-refractivity contribution in [2.24, 2.45) is 0 Å². The number of benzene rings is 2. The predicted molar refractivity (Wildman–Crippen MR) is 104 cm³/mol. The minimum absolute atomic E-state index is 0.0895. The number of anilines is 1. The molecule has 0 saturated heterocycles. The number of hydrogen-bond donors (Lipinski definition) is 1. The van der Waals surface area contributed by atoms with Crippen molar-refractivity contribution >= 4 is 46.6 Å².